The van der Waals surface area contributed by atoms with E-state index in [4.69, 9.17) is 5.11 Å². The zero-order valence-electron chi connectivity index (χ0n) is 11.2. The van der Waals surface area contributed by atoms with Crippen molar-refractivity contribution in [1.82, 2.24) is 4.90 Å². The van der Waals surface area contributed by atoms with E-state index in [1.165, 1.54) is 19.3 Å². The summed E-state index contributed by atoms with van der Waals surface area (Å²) in [7, 11) is 0. The largest absolute Gasteiger partial charge is 0.480 e. The van der Waals surface area contributed by atoms with Crippen LogP contribution in [0.3, 0.4) is 0 Å². The molecule has 0 aromatic heterocycles. The molecule has 1 N–H and O–H groups in total. The Labute approximate surface area is 108 Å². The van der Waals surface area contributed by atoms with E-state index in [1.54, 1.807) is 4.90 Å². The topological polar surface area (TPSA) is 57.6 Å². The van der Waals surface area contributed by atoms with Gasteiger partial charge in [0.05, 0.1) is 0 Å². The molecule has 0 bridgehead atoms. The van der Waals surface area contributed by atoms with Gasteiger partial charge in [-0.3, -0.25) is 9.59 Å². The number of hydrogen-bond donors (Lipinski definition) is 1. The summed E-state index contributed by atoms with van der Waals surface area (Å²) < 4.78 is 0. The second-order valence-corrected chi connectivity index (χ2v) is 5.77. The molecule has 1 saturated heterocycles. The van der Waals surface area contributed by atoms with Crippen LogP contribution in [0.5, 0.6) is 0 Å². The molecule has 1 saturated carbocycles. The predicted molar refractivity (Wildman–Crippen MR) is 68.1 cm³/mol. The van der Waals surface area contributed by atoms with Crippen LogP contribution in [0.15, 0.2) is 0 Å². The van der Waals surface area contributed by atoms with E-state index in [0.29, 0.717) is 18.8 Å². The molecule has 0 spiro atoms. The standard InChI is InChI=1S/C14H23NO3/c1-2-4-11-5-3-9-15(10-6-11)12(16)14(7-8-14)13(17)18/h11H,2-10H2,1H3,(H,17,18). The lowest BCUT2D eigenvalue weighted by Gasteiger charge is -2.24. The summed E-state index contributed by atoms with van der Waals surface area (Å²) in [4.78, 5) is 25.3. The van der Waals surface area contributed by atoms with Crippen LogP contribution in [-0.2, 0) is 9.59 Å². The number of nitrogens with zero attached hydrogens (tertiary/aromatic N) is 1. The summed E-state index contributed by atoms with van der Waals surface area (Å²) >= 11 is 0. The summed E-state index contributed by atoms with van der Waals surface area (Å²) in [5.74, 6) is -0.346. The second-order valence-electron chi connectivity index (χ2n) is 5.77. The fraction of sp³-hybridized carbons (Fsp3) is 0.857. The van der Waals surface area contributed by atoms with Crippen molar-refractivity contribution in [2.24, 2.45) is 11.3 Å². The predicted octanol–water partition coefficient (Wildman–Crippen LogP) is 2.28. The highest BCUT2D eigenvalue weighted by Gasteiger charge is 2.58. The number of amides is 1. The molecule has 4 nitrogen and oxygen atoms in total. The van der Waals surface area contributed by atoms with Gasteiger partial charge in [0.1, 0.15) is 5.41 Å². The second kappa shape index (κ2) is 5.29. The number of rotatable bonds is 4. The number of aliphatic carboxylic acids is 1. The molecule has 0 aromatic carbocycles. The van der Waals surface area contributed by atoms with Gasteiger partial charge in [-0.25, -0.2) is 0 Å². The first-order valence-corrected chi connectivity index (χ1v) is 7.13. The van der Waals surface area contributed by atoms with Crippen LogP contribution in [0.25, 0.3) is 0 Å². The molecule has 1 unspecified atom stereocenters. The molecule has 1 aliphatic heterocycles. The maximum Gasteiger partial charge on any atom is 0.319 e. The molecular formula is C14H23NO3. The minimum Gasteiger partial charge on any atom is -0.480 e. The van der Waals surface area contributed by atoms with Gasteiger partial charge in [0, 0.05) is 13.1 Å². The number of carbonyl (C=O) groups is 2. The molecule has 2 aliphatic rings. The number of carbonyl (C=O) groups excluding carboxylic acids is 1. The first kappa shape index (κ1) is 13.4. The quantitative estimate of drug-likeness (QED) is 0.782. The molecule has 0 radical (unpaired) electrons. The lowest BCUT2D eigenvalue weighted by atomic mass is 9.96. The minimum absolute atomic E-state index is 0.132. The Morgan fingerprint density at radius 1 is 1.28 bits per heavy atom. The van der Waals surface area contributed by atoms with Gasteiger partial charge in [-0.2, -0.15) is 0 Å². The van der Waals surface area contributed by atoms with Crippen molar-refractivity contribution in [3.05, 3.63) is 0 Å². The molecule has 2 rings (SSSR count). The van der Waals surface area contributed by atoms with Crippen LogP contribution in [-0.4, -0.2) is 35.0 Å². The van der Waals surface area contributed by atoms with Crippen LogP contribution in [0.4, 0.5) is 0 Å². The summed E-state index contributed by atoms with van der Waals surface area (Å²) in [6.45, 7) is 3.68. The maximum absolute atomic E-state index is 12.3. The highest BCUT2D eigenvalue weighted by atomic mass is 16.4. The molecule has 102 valence electrons. The number of carboxylic acid groups (broad SMARTS) is 1. The summed E-state index contributed by atoms with van der Waals surface area (Å²) in [6, 6.07) is 0. The summed E-state index contributed by atoms with van der Waals surface area (Å²) in [5.41, 5.74) is -1.05. The van der Waals surface area contributed by atoms with E-state index in [-0.39, 0.29) is 5.91 Å². The molecule has 2 fully saturated rings. The Balaban J connectivity index is 1.94. The van der Waals surface area contributed by atoms with Crippen molar-refractivity contribution in [2.45, 2.75) is 51.9 Å². The zero-order valence-corrected chi connectivity index (χ0v) is 11.2. The average Bonchev–Trinajstić information content (AvgIpc) is 3.14. The van der Waals surface area contributed by atoms with Crippen molar-refractivity contribution in [2.75, 3.05) is 13.1 Å². The zero-order chi connectivity index (χ0) is 13.2. The molecule has 1 atom stereocenters. The third-order valence-electron chi connectivity index (χ3n) is 4.40. The SMILES string of the molecule is CCCC1CCCN(C(=O)C2(C(=O)O)CC2)CC1. The Bertz CT molecular complexity index is 336. The monoisotopic (exact) mass is 253 g/mol. The highest BCUT2D eigenvalue weighted by molar-refractivity contribution is 6.04. The lowest BCUT2D eigenvalue weighted by molar-refractivity contribution is -0.153. The van der Waals surface area contributed by atoms with Gasteiger partial charge < -0.3 is 10.0 Å². The van der Waals surface area contributed by atoms with E-state index in [9.17, 15) is 9.59 Å². The van der Waals surface area contributed by atoms with Crippen molar-refractivity contribution < 1.29 is 14.7 Å². The smallest absolute Gasteiger partial charge is 0.319 e. The maximum atomic E-state index is 12.3. The number of hydrogen-bond acceptors (Lipinski definition) is 2. The van der Waals surface area contributed by atoms with Gasteiger partial charge in [0.2, 0.25) is 5.91 Å². The Kier molecular flexibility index (Phi) is 3.93. The first-order chi connectivity index (χ1) is 8.60. The van der Waals surface area contributed by atoms with Crippen LogP contribution in [0.1, 0.15) is 51.9 Å². The van der Waals surface area contributed by atoms with Gasteiger partial charge in [0.15, 0.2) is 0 Å². The highest BCUT2D eigenvalue weighted by Crippen LogP contribution is 2.47. The fourth-order valence-corrected chi connectivity index (χ4v) is 3.01. The van der Waals surface area contributed by atoms with Crippen molar-refractivity contribution >= 4 is 11.9 Å². The van der Waals surface area contributed by atoms with Crippen LogP contribution in [0, 0.1) is 11.3 Å². The van der Waals surface area contributed by atoms with Gasteiger partial charge in [-0.15, -0.1) is 0 Å². The normalized spacial score (nSPS) is 26.5. The molecule has 1 heterocycles. The molecule has 4 heteroatoms. The molecule has 0 aromatic rings. The third-order valence-corrected chi connectivity index (χ3v) is 4.40. The Morgan fingerprint density at radius 3 is 2.56 bits per heavy atom. The lowest BCUT2D eigenvalue weighted by Crippen LogP contribution is -2.41. The van der Waals surface area contributed by atoms with Crippen molar-refractivity contribution in [3.8, 4) is 0 Å². The third kappa shape index (κ3) is 2.52. The average molecular weight is 253 g/mol. The van der Waals surface area contributed by atoms with Gasteiger partial charge in [-0.05, 0) is 38.0 Å². The van der Waals surface area contributed by atoms with Gasteiger partial charge in [-0.1, -0.05) is 19.8 Å². The fourth-order valence-electron chi connectivity index (χ4n) is 3.01. The molecule has 1 amide bonds. The molecule has 18 heavy (non-hydrogen) atoms. The van der Waals surface area contributed by atoms with E-state index in [1.807, 2.05) is 0 Å². The van der Waals surface area contributed by atoms with Gasteiger partial charge in [0.25, 0.3) is 0 Å². The number of likely N-dealkylation sites (tertiary alicyclic amines) is 1. The summed E-state index contributed by atoms with van der Waals surface area (Å²) in [5, 5.41) is 9.16. The van der Waals surface area contributed by atoms with E-state index >= 15 is 0 Å². The van der Waals surface area contributed by atoms with E-state index < -0.39 is 11.4 Å². The van der Waals surface area contributed by atoms with Crippen LogP contribution in [0.2, 0.25) is 0 Å². The molecule has 1 aliphatic carbocycles. The van der Waals surface area contributed by atoms with Crippen molar-refractivity contribution in [3.63, 3.8) is 0 Å². The molecular weight excluding hydrogens is 230 g/mol. The van der Waals surface area contributed by atoms with Crippen LogP contribution < -0.4 is 0 Å². The van der Waals surface area contributed by atoms with Gasteiger partial charge >= 0.3 is 5.97 Å². The summed E-state index contributed by atoms with van der Waals surface area (Å²) in [6.07, 6.45) is 6.70. The number of carboxylic acids is 1. The Morgan fingerprint density at radius 2 is 2.00 bits per heavy atom. The van der Waals surface area contributed by atoms with Crippen LogP contribution >= 0.6 is 0 Å². The Hall–Kier alpha value is -1.06. The minimum atomic E-state index is -1.05. The first-order valence-electron chi connectivity index (χ1n) is 7.13. The van der Waals surface area contributed by atoms with Crippen molar-refractivity contribution in [1.29, 1.82) is 0 Å². The van der Waals surface area contributed by atoms with E-state index in [2.05, 4.69) is 6.92 Å². The van der Waals surface area contributed by atoms with E-state index in [0.717, 1.165) is 25.9 Å².